The molecule has 2 amide bonds. The molecule has 5 rings (SSSR count). The van der Waals surface area contributed by atoms with Crippen LogP contribution in [0.25, 0.3) is 0 Å². The van der Waals surface area contributed by atoms with Crippen molar-refractivity contribution < 1.29 is 9.59 Å². The summed E-state index contributed by atoms with van der Waals surface area (Å²) in [5.74, 6) is 0.194. The van der Waals surface area contributed by atoms with Crippen LogP contribution in [0.3, 0.4) is 0 Å². The molecule has 3 heterocycles. The Bertz CT molecular complexity index is 897. The van der Waals surface area contributed by atoms with Gasteiger partial charge >= 0.3 is 0 Å². The molecule has 6 nitrogen and oxygen atoms in total. The predicted octanol–water partition coefficient (Wildman–Crippen LogP) is 2.31. The molecule has 26 heavy (non-hydrogen) atoms. The van der Waals surface area contributed by atoms with Crippen molar-refractivity contribution in [2.45, 2.75) is 51.1 Å². The third-order valence-corrected chi connectivity index (χ3v) is 5.57. The fourth-order valence-corrected chi connectivity index (χ4v) is 4.04. The smallest absolute Gasteiger partial charge is 0.294 e. The lowest BCUT2D eigenvalue weighted by Crippen LogP contribution is -2.32. The summed E-state index contributed by atoms with van der Waals surface area (Å²) in [4.78, 5) is 32.2. The molecule has 1 aromatic heterocycles. The number of para-hydroxylation sites is 1. The van der Waals surface area contributed by atoms with E-state index in [0.717, 1.165) is 56.5 Å². The SMILES string of the molecule is O=C(NC1CC1)c1nc(C(=O)N2CCc3ccccc32)n2c1CCCC2. The number of carbonyl (C=O) groups is 2. The van der Waals surface area contributed by atoms with E-state index in [4.69, 9.17) is 0 Å². The molecule has 1 N–H and O–H groups in total. The fourth-order valence-electron chi connectivity index (χ4n) is 4.04. The Kier molecular flexibility index (Phi) is 3.58. The highest BCUT2D eigenvalue weighted by molar-refractivity contribution is 6.06. The Hall–Kier alpha value is -2.63. The Balaban J connectivity index is 1.51. The van der Waals surface area contributed by atoms with E-state index in [2.05, 4.69) is 16.4 Å². The standard InChI is InChI=1S/C20H22N4O2/c25-19(21-14-8-9-14)17-16-7-3-4-11-23(16)18(22-17)20(26)24-12-10-13-5-1-2-6-15(13)24/h1-2,5-6,14H,3-4,7-12H2,(H,21,25). The maximum atomic E-state index is 13.3. The number of carbonyl (C=O) groups excluding carboxylic acids is 2. The van der Waals surface area contributed by atoms with E-state index in [1.807, 2.05) is 27.7 Å². The number of nitrogens with zero attached hydrogens (tertiary/aromatic N) is 3. The van der Waals surface area contributed by atoms with Gasteiger partial charge < -0.3 is 14.8 Å². The maximum Gasteiger partial charge on any atom is 0.294 e. The minimum absolute atomic E-state index is 0.0939. The van der Waals surface area contributed by atoms with Gasteiger partial charge in [-0.3, -0.25) is 9.59 Å². The normalized spacial score (nSPS) is 18.4. The van der Waals surface area contributed by atoms with Gasteiger partial charge in [0.2, 0.25) is 5.82 Å². The van der Waals surface area contributed by atoms with E-state index in [0.29, 0.717) is 18.1 Å². The van der Waals surface area contributed by atoms with Crippen molar-refractivity contribution in [3.63, 3.8) is 0 Å². The lowest BCUT2D eigenvalue weighted by molar-refractivity contribution is 0.0945. The quantitative estimate of drug-likeness (QED) is 0.924. The first kappa shape index (κ1) is 15.6. The summed E-state index contributed by atoms with van der Waals surface area (Å²) in [6.07, 6.45) is 5.81. The summed E-state index contributed by atoms with van der Waals surface area (Å²) in [6.45, 7) is 1.43. The fraction of sp³-hybridized carbons (Fsp3) is 0.450. The molecule has 6 heteroatoms. The summed E-state index contributed by atoms with van der Waals surface area (Å²) < 4.78 is 1.98. The summed E-state index contributed by atoms with van der Waals surface area (Å²) in [7, 11) is 0. The molecule has 134 valence electrons. The Morgan fingerprint density at radius 3 is 2.77 bits per heavy atom. The van der Waals surface area contributed by atoms with Gasteiger partial charge in [-0.2, -0.15) is 0 Å². The second kappa shape index (κ2) is 5.97. The van der Waals surface area contributed by atoms with Crippen LogP contribution in [0.1, 0.15) is 58.0 Å². The van der Waals surface area contributed by atoms with Gasteiger partial charge in [0.15, 0.2) is 0 Å². The first-order chi connectivity index (χ1) is 12.7. The predicted molar refractivity (Wildman–Crippen MR) is 97.5 cm³/mol. The molecule has 3 aliphatic rings. The molecule has 0 bridgehead atoms. The molecule has 2 aliphatic heterocycles. The summed E-state index contributed by atoms with van der Waals surface area (Å²) >= 11 is 0. The van der Waals surface area contributed by atoms with Crippen LogP contribution in [0.2, 0.25) is 0 Å². The first-order valence-corrected chi connectivity index (χ1v) is 9.52. The van der Waals surface area contributed by atoms with Gasteiger partial charge in [0, 0.05) is 24.8 Å². The van der Waals surface area contributed by atoms with E-state index in [-0.39, 0.29) is 17.9 Å². The summed E-state index contributed by atoms with van der Waals surface area (Å²) in [5.41, 5.74) is 3.53. The van der Waals surface area contributed by atoms with Gasteiger partial charge in [0.05, 0.1) is 5.69 Å². The van der Waals surface area contributed by atoms with Crippen LogP contribution >= 0.6 is 0 Å². The van der Waals surface area contributed by atoms with Crippen molar-refractivity contribution in [3.05, 3.63) is 47.0 Å². The van der Waals surface area contributed by atoms with Crippen molar-refractivity contribution in [1.29, 1.82) is 0 Å². The van der Waals surface area contributed by atoms with Gasteiger partial charge in [-0.1, -0.05) is 18.2 Å². The number of fused-ring (bicyclic) bond motifs is 2. The van der Waals surface area contributed by atoms with Crippen molar-refractivity contribution >= 4 is 17.5 Å². The average Bonchev–Trinajstić information content (AvgIpc) is 3.24. The minimum atomic E-state index is -0.126. The minimum Gasteiger partial charge on any atom is -0.348 e. The number of imidazole rings is 1. The molecule has 0 spiro atoms. The number of amides is 2. The Labute approximate surface area is 152 Å². The lowest BCUT2D eigenvalue weighted by Gasteiger charge is -2.20. The van der Waals surface area contributed by atoms with E-state index in [1.54, 1.807) is 0 Å². The molecule has 2 aromatic rings. The topological polar surface area (TPSA) is 67.2 Å². The van der Waals surface area contributed by atoms with Crippen LogP contribution in [0.15, 0.2) is 24.3 Å². The van der Waals surface area contributed by atoms with Gasteiger partial charge in [0.1, 0.15) is 5.69 Å². The Morgan fingerprint density at radius 1 is 1.08 bits per heavy atom. The van der Waals surface area contributed by atoms with E-state index in [9.17, 15) is 9.59 Å². The number of nitrogens with one attached hydrogen (secondary N) is 1. The van der Waals surface area contributed by atoms with E-state index in [1.165, 1.54) is 5.56 Å². The van der Waals surface area contributed by atoms with Crippen molar-refractivity contribution in [2.75, 3.05) is 11.4 Å². The Morgan fingerprint density at radius 2 is 1.92 bits per heavy atom. The number of rotatable bonds is 3. The number of hydrogen-bond acceptors (Lipinski definition) is 3. The highest BCUT2D eigenvalue weighted by Gasteiger charge is 2.34. The molecular formula is C20H22N4O2. The van der Waals surface area contributed by atoms with Crippen molar-refractivity contribution in [2.24, 2.45) is 0 Å². The van der Waals surface area contributed by atoms with E-state index < -0.39 is 0 Å². The van der Waals surface area contributed by atoms with Crippen LogP contribution < -0.4 is 10.2 Å². The van der Waals surface area contributed by atoms with Gasteiger partial charge in [0.25, 0.3) is 11.8 Å². The van der Waals surface area contributed by atoms with Crippen LogP contribution in [0.4, 0.5) is 5.69 Å². The van der Waals surface area contributed by atoms with Crippen LogP contribution in [0, 0.1) is 0 Å². The van der Waals surface area contributed by atoms with Crippen LogP contribution in [-0.4, -0.2) is 34.0 Å². The van der Waals surface area contributed by atoms with Crippen molar-refractivity contribution in [1.82, 2.24) is 14.9 Å². The zero-order valence-corrected chi connectivity index (χ0v) is 14.7. The third-order valence-electron chi connectivity index (χ3n) is 5.57. The molecule has 1 saturated carbocycles. The zero-order chi connectivity index (χ0) is 17.7. The van der Waals surface area contributed by atoms with Crippen LogP contribution in [-0.2, 0) is 19.4 Å². The highest BCUT2D eigenvalue weighted by atomic mass is 16.2. The first-order valence-electron chi connectivity index (χ1n) is 9.52. The molecule has 1 fully saturated rings. The average molecular weight is 350 g/mol. The zero-order valence-electron chi connectivity index (χ0n) is 14.7. The molecule has 0 radical (unpaired) electrons. The van der Waals surface area contributed by atoms with Gasteiger partial charge in [-0.25, -0.2) is 4.98 Å². The van der Waals surface area contributed by atoms with Crippen LogP contribution in [0.5, 0.6) is 0 Å². The monoisotopic (exact) mass is 350 g/mol. The molecule has 0 unspecified atom stereocenters. The molecule has 0 atom stereocenters. The number of anilines is 1. The molecule has 1 aliphatic carbocycles. The molecule has 1 aromatic carbocycles. The maximum absolute atomic E-state index is 13.3. The third kappa shape index (κ3) is 2.52. The summed E-state index contributed by atoms with van der Waals surface area (Å²) in [6, 6.07) is 8.30. The molecular weight excluding hydrogens is 328 g/mol. The highest BCUT2D eigenvalue weighted by Crippen LogP contribution is 2.30. The molecule has 0 saturated heterocycles. The number of aromatic nitrogens is 2. The largest absolute Gasteiger partial charge is 0.348 e. The lowest BCUT2D eigenvalue weighted by atomic mass is 10.1. The van der Waals surface area contributed by atoms with Gasteiger partial charge in [-0.05, 0) is 50.2 Å². The number of hydrogen-bond donors (Lipinski definition) is 1. The number of benzene rings is 1. The van der Waals surface area contributed by atoms with Gasteiger partial charge in [-0.15, -0.1) is 0 Å². The second-order valence-electron chi connectivity index (χ2n) is 7.42. The van der Waals surface area contributed by atoms with E-state index >= 15 is 0 Å². The second-order valence-corrected chi connectivity index (χ2v) is 7.42. The summed E-state index contributed by atoms with van der Waals surface area (Å²) in [5, 5.41) is 3.02. The van der Waals surface area contributed by atoms with Crippen molar-refractivity contribution in [3.8, 4) is 0 Å².